The summed E-state index contributed by atoms with van der Waals surface area (Å²) in [5.41, 5.74) is -0.161. The highest BCUT2D eigenvalue weighted by Gasteiger charge is 2.34. The number of hydrogen-bond acceptors (Lipinski definition) is 4. The summed E-state index contributed by atoms with van der Waals surface area (Å²) in [7, 11) is 1.48. The van der Waals surface area contributed by atoms with Gasteiger partial charge >= 0.3 is 5.97 Å². The number of piperidine rings is 1. The number of hydrogen-bond donors (Lipinski definition) is 3. The van der Waals surface area contributed by atoms with Crippen molar-refractivity contribution in [2.45, 2.75) is 31.7 Å². The molecule has 0 saturated carbocycles. The Hall–Kier alpha value is -2.08. The summed E-state index contributed by atoms with van der Waals surface area (Å²) >= 11 is 0. The van der Waals surface area contributed by atoms with Gasteiger partial charge in [-0.1, -0.05) is 0 Å². The van der Waals surface area contributed by atoms with Crippen molar-refractivity contribution in [2.75, 3.05) is 19.0 Å². The number of amides is 1. The quantitative estimate of drug-likeness (QED) is 0.788. The molecular formula is C15H20N2O4. The van der Waals surface area contributed by atoms with Gasteiger partial charge in [0.05, 0.1) is 23.9 Å². The van der Waals surface area contributed by atoms with Crippen molar-refractivity contribution in [3.8, 4) is 5.75 Å². The molecule has 2 rings (SSSR count). The topological polar surface area (TPSA) is 87.7 Å². The monoisotopic (exact) mass is 292 g/mol. The molecule has 1 atom stereocenters. The van der Waals surface area contributed by atoms with Gasteiger partial charge in [0.25, 0.3) is 0 Å². The van der Waals surface area contributed by atoms with Crippen molar-refractivity contribution < 1.29 is 19.4 Å². The predicted octanol–water partition coefficient (Wildman–Crippen LogP) is 1.86. The molecule has 0 aromatic heterocycles. The zero-order valence-electron chi connectivity index (χ0n) is 12.2. The van der Waals surface area contributed by atoms with Gasteiger partial charge in [0.1, 0.15) is 5.75 Å². The second-order valence-electron chi connectivity index (χ2n) is 5.39. The number of ether oxygens (including phenoxy) is 1. The van der Waals surface area contributed by atoms with E-state index in [1.807, 2.05) is 6.92 Å². The summed E-state index contributed by atoms with van der Waals surface area (Å²) in [5, 5.41) is 15.0. The summed E-state index contributed by atoms with van der Waals surface area (Å²) in [5.74, 6) is -0.786. The predicted molar refractivity (Wildman–Crippen MR) is 78.8 cm³/mol. The third kappa shape index (κ3) is 3.33. The third-order valence-electron chi connectivity index (χ3n) is 3.81. The summed E-state index contributed by atoms with van der Waals surface area (Å²) in [6.07, 6.45) is 2.80. The lowest BCUT2D eigenvalue weighted by atomic mass is 9.90. The molecule has 0 spiro atoms. The minimum atomic E-state index is -1.05. The molecule has 1 aromatic rings. The summed E-state index contributed by atoms with van der Waals surface area (Å²) in [6.45, 7) is 2.66. The highest BCUT2D eigenvalue weighted by atomic mass is 16.5. The molecule has 1 amide bonds. The first-order valence-corrected chi connectivity index (χ1v) is 6.94. The van der Waals surface area contributed by atoms with Gasteiger partial charge < -0.3 is 20.5 Å². The van der Waals surface area contributed by atoms with E-state index in [2.05, 4.69) is 10.6 Å². The van der Waals surface area contributed by atoms with Crippen LogP contribution in [-0.2, 0) is 4.79 Å². The van der Waals surface area contributed by atoms with Gasteiger partial charge in [0.2, 0.25) is 5.91 Å². The summed E-state index contributed by atoms with van der Waals surface area (Å²) < 4.78 is 5.17. The van der Waals surface area contributed by atoms with Gasteiger partial charge in [-0.15, -0.1) is 0 Å². The van der Waals surface area contributed by atoms with Crippen molar-refractivity contribution in [3.63, 3.8) is 0 Å². The van der Waals surface area contributed by atoms with Crippen molar-refractivity contribution in [1.82, 2.24) is 5.32 Å². The molecule has 1 aliphatic heterocycles. The average molecular weight is 292 g/mol. The van der Waals surface area contributed by atoms with Crippen LogP contribution in [0.1, 0.15) is 36.5 Å². The minimum absolute atomic E-state index is 0.104. The van der Waals surface area contributed by atoms with E-state index in [-0.39, 0.29) is 11.5 Å². The molecule has 1 saturated heterocycles. The Kier molecular flexibility index (Phi) is 4.47. The van der Waals surface area contributed by atoms with Gasteiger partial charge in [-0.25, -0.2) is 4.79 Å². The fourth-order valence-corrected chi connectivity index (χ4v) is 2.45. The number of rotatable bonds is 4. The van der Waals surface area contributed by atoms with E-state index in [0.29, 0.717) is 11.4 Å². The largest absolute Gasteiger partial charge is 0.495 e. The number of carbonyl (C=O) groups is 2. The molecule has 1 aliphatic rings. The van der Waals surface area contributed by atoms with Crippen molar-refractivity contribution in [1.29, 1.82) is 0 Å². The molecule has 114 valence electrons. The Morgan fingerprint density at radius 1 is 1.38 bits per heavy atom. The van der Waals surface area contributed by atoms with Crippen LogP contribution in [0.2, 0.25) is 0 Å². The van der Waals surface area contributed by atoms with E-state index in [0.717, 1.165) is 25.8 Å². The standard InChI is InChI=1S/C15H20N2O4/c1-15(7-3-4-8-16-15)14(20)17-11-9-10(13(18)19)5-6-12(11)21-2/h5-6,9,16H,3-4,7-8H2,1-2H3,(H,17,20)(H,18,19). The molecule has 21 heavy (non-hydrogen) atoms. The Labute approximate surface area is 123 Å². The first-order valence-electron chi connectivity index (χ1n) is 6.94. The number of carboxylic acids is 1. The molecule has 1 heterocycles. The Bertz CT molecular complexity index is 551. The van der Waals surface area contributed by atoms with Gasteiger partial charge in [-0.3, -0.25) is 4.79 Å². The molecule has 6 heteroatoms. The van der Waals surface area contributed by atoms with Crippen LogP contribution < -0.4 is 15.4 Å². The van der Waals surface area contributed by atoms with Crippen molar-refractivity contribution >= 4 is 17.6 Å². The molecule has 6 nitrogen and oxygen atoms in total. The number of aromatic carboxylic acids is 1. The van der Waals surface area contributed by atoms with E-state index in [1.54, 1.807) is 0 Å². The van der Waals surface area contributed by atoms with E-state index in [4.69, 9.17) is 9.84 Å². The van der Waals surface area contributed by atoms with E-state index in [1.165, 1.54) is 25.3 Å². The fourth-order valence-electron chi connectivity index (χ4n) is 2.45. The van der Waals surface area contributed by atoms with Crippen LogP contribution in [-0.4, -0.2) is 36.2 Å². The third-order valence-corrected chi connectivity index (χ3v) is 3.81. The van der Waals surface area contributed by atoms with Crippen LogP contribution >= 0.6 is 0 Å². The second kappa shape index (κ2) is 6.13. The molecule has 1 fully saturated rings. The molecule has 1 aromatic carbocycles. The highest BCUT2D eigenvalue weighted by Crippen LogP contribution is 2.28. The maximum absolute atomic E-state index is 12.5. The number of anilines is 1. The first-order chi connectivity index (χ1) is 9.96. The Morgan fingerprint density at radius 3 is 2.71 bits per heavy atom. The Morgan fingerprint density at radius 2 is 2.14 bits per heavy atom. The van der Waals surface area contributed by atoms with Crippen LogP contribution in [0.25, 0.3) is 0 Å². The van der Waals surface area contributed by atoms with Crippen LogP contribution in [0.15, 0.2) is 18.2 Å². The van der Waals surface area contributed by atoms with Gasteiger partial charge in [0, 0.05) is 0 Å². The fraction of sp³-hybridized carbons (Fsp3) is 0.467. The van der Waals surface area contributed by atoms with Gasteiger partial charge in [-0.05, 0) is 50.9 Å². The maximum atomic E-state index is 12.5. The minimum Gasteiger partial charge on any atom is -0.495 e. The SMILES string of the molecule is COc1ccc(C(=O)O)cc1NC(=O)C1(C)CCCCN1. The van der Waals surface area contributed by atoms with E-state index >= 15 is 0 Å². The molecular weight excluding hydrogens is 272 g/mol. The lowest BCUT2D eigenvalue weighted by Gasteiger charge is -2.33. The Balaban J connectivity index is 2.23. The average Bonchev–Trinajstić information content (AvgIpc) is 2.47. The van der Waals surface area contributed by atoms with Crippen LogP contribution in [0, 0.1) is 0 Å². The molecule has 1 unspecified atom stereocenters. The van der Waals surface area contributed by atoms with E-state index in [9.17, 15) is 9.59 Å². The molecule has 0 bridgehead atoms. The first kappa shape index (κ1) is 15.3. The van der Waals surface area contributed by atoms with Crippen LogP contribution in [0.3, 0.4) is 0 Å². The number of benzene rings is 1. The zero-order chi connectivity index (χ0) is 15.5. The van der Waals surface area contributed by atoms with Gasteiger partial charge in [0.15, 0.2) is 0 Å². The number of nitrogens with one attached hydrogen (secondary N) is 2. The normalized spacial score (nSPS) is 21.6. The summed E-state index contributed by atoms with van der Waals surface area (Å²) in [6, 6.07) is 4.39. The maximum Gasteiger partial charge on any atom is 0.335 e. The zero-order valence-corrected chi connectivity index (χ0v) is 12.2. The molecule has 0 aliphatic carbocycles. The lowest BCUT2D eigenvalue weighted by molar-refractivity contribution is -0.122. The van der Waals surface area contributed by atoms with E-state index < -0.39 is 11.5 Å². The van der Waals surface area contributed by atoms with Crippen molar-refractivity contribution in [2.24, 2.45) is 0 Å². The lowest BCUT2D eigenvalue weighted by Crippen LogP contribution is -2.54. The number of carboxylic acid groups (broad SMARTS) is 1. The molecule has 0 radical (unpaired) electrons. The van der Waals surface area contributed by atoms with Crippen LogP contribution in [0.4, 0.5) is 5.69 Å². The molecule has 3 N–H and O–H groups in total. The van der Waals surface area contributed by atoms with Crippen LogP contribution in [0.5, 0.6) is 5.75 Å². The number of carbonyl (C=O) groups excluding carboxylic acids is 1. The summed E-state index contributed by atoms with van der Waals surface area (Å²) in [4.78, 5) is 23.5. The highest BCUT2D eigenvalue weighted by molar-refractivity contribution is 6.00. The second-order valence-corrected chi connectivity index (χ2v) is 5.39. The van der Waals surface area contributed by atoms with Crippen molar-refractivity contribution in [3.05, 3.63) is 23.8 Å². The number of methoxy groups -OCH3 is 1. The smallest absolute Gasteiger partial charge is 0.335 e. The van der Waals surface area contributed by atoms with Gasteiger partial charge in [-0.2, -0.15) is 0 Å².